The number of hydrogen-bond donors (Lipinski definition) is 6. The molecule has 0 spiro atoms. The fourth-order valence-corrected chi connectivity index (χ4v) is 5.63. The molecule has 2 unspecified atom stereocenters. The van der Waals surface area contributed by atoms with Crippen LogP contribution in [0.5, 0.6) is 0 Å². The van der Waals surface area contributed by atoms with Crippen molar-refractivity contribution < 1.29 is 52.0 Å². The van der Waals surface area contributed by atoms with Gasteiger partial charge in [-0.25, -0.2) is 13.9 Å². The van der Waals surface area contributed by atoms with E-state index in [9.17, 15) is 38.7 Å². The van der Waals surface area contributed by atoms with Gasteiger partial charge in [0.05, 0.1) is 24.9 Å². The van der Waals surface area contributed by atoms with E-state index in [-0.39, 0.29) is 18.4 Å². The zero-order chi connectivity index (χ0) is 25.4. The lowest BCUT2D eigenvalue weighted by atomic mass is 10.0. The maximum Gasteiger partial charge on any atom is 0.483 e. The predicted molar refractivity (Wildman–Crippen MR) is 111 cm³/mol. The first-order chi connectivity index (χ1) is 15.7. The molecule has 2 fully saturated rings. The topological polar surface area (TPSA) is 242 Å². The van der Waals surface area contributed by atoms with Gasteiger partial charge in [-0.15, -0.1) is 0 Å². The molecule has 18 heteroatoms. The number of H-pyrrole nitrogens is 1. The molecule has 0 saturated carbocycles. The highest BCUT2D eigenvalue weighted by Gasteiger charge is 2.43. The number of aliphatic hydroxyl groups is 2. The minimum absolute atomic E-state index is 0.110. The van der Waals surface area contributed by atoms with Gasteiger partial charge < -0.3 is 35.2 Å². The predicted octanol–water partition coefficient (Wildman–Crippen LogP) is -1.43. The molecular formula is C16H27N3O13P2. The SMILES string of the molecule is Cc1cn([C@H]2C[C@H](O)[C@@H](COP(=O)(O)OP(=O)(O)O[C@@H]3C[C@H](N)[C@H](O)[C@H](C)O3)O2)c(=O)[nH]c1=O. The van der Waals surface area contributed by atoms with Gasteiger partial charge in [-0.1, -0.05) is 0 Å². The van der Waals surface area contributed by atoms with Crippen LogP contribution < -0.4 is 17.0 Å². The summed E-state index contributed by atoms with van der Waals surface area (Å²) in [5.41, 5.74) is 4.54. The number of rotatable bonds is 8. The van der Waals surface area contributed by atoms with Gasteiger partial charge in [0.25, 0.3) is 5.56 Å². The average molecular weight is 531 g/mol. The van der Waals surface area contributed by atoms with Crippen LogP contribution in [0.1, 0.15) is 31.6 Å². The fourth-order valence-electron chi connectivity index (χ4n) is 3.48. The Labute approximate surface area is 192 Å². The number of nitrogens with zero attached hydrogens (tertiary/aromatic N) is 1. The summed E-state index contributed by atoms with van der Waals surface area (Å²) >= 11 is 0. The zero-order valence-electron chi connectivity index (χ0n) is 18.1. The van der Waals surface area contributed by atoms with E-state index in [0.29, 0.717) is 0 Å². The highest BCUT2D eigenvalue weighted by atomic mass is 31.3. The number of aliphatic hydroxyl groups excluding tert-OH is 2. The third kappa shape index (κ3) is 6.69. The van der Waals surface area contributed by atoms with Crippen LogP contribution in [0, 0.1) is 6.92 Å². The third-order valence-corrected chi connectivity index (χ3v) is 7.90. The third-order valence-electron chi connectivity index (χ3n) is 5.27. The summed E-state index contributed by atoms with van der Waals surface area (Å²) in [6, 6.07) is -0.835. The Morgan fingerprint density at radius 1 is 1.21 bits per heavy atom. The molecule has 2 saturated heterocycles. The summed E-state index contributed by atoms with van der Waals surface area (Å²) in [4.78, 5) is 45.2. The molecule has 1 aromatic heterocycles. The molecule has 16 nitrogen and oxygen atoms in total. The molecule has 1 aromatic rings. The fraction of sp³-hybridized carbons (Fsp3) is 0.750. The summed E-state index contributed by atoms with van der Waals surface area (Å²) in [5, 5.41) is 19.9. The summed E-state index contributed by atoms with van der Waals surface area (Å²) in [5.74, 6) is 0. The quantitative estimate of drug-likeness (QED) is 0.211. The Morgan fingerprint density at radius 3 is 2.53 bits per heavy atom. The molecule has 3 rings (SSSR count). The Hall–Kier alpha value is -1.26. The maximum absolute atomic E-state index is 12.2. The zero-order valence-corrected chi connectivity index (χ0v) is 19.9. The number of phosphoric acid groups is 2. The standard InChI is InChI=1S/C16H27N3O13P2/c1-7-5-19(16(23)18-15(7)22)12-4-10(20)11(30-12)6-28-33(24,25)32-34(26,27)31-13-3-9(17)14(21)8(2)29-13/h5,8-14,20-21H,3-4,6,17H2,1-2H3,(H,24,25)(H,26,27)(H,18,22,23)/t8-,9-,10-,11+,12+,13+,14+/m0/s1. The first kappa shape index (κ1) is 27.3. The second kappa shape index (κ2) is 10.4. The van der Waals surface area contributed by atoms with Crippen LogP contribution in [0.3, 0.4) is 0 Å². The van der Waals surface area contributed by atoms with Gasteiger partial charge in [-0.2, -0.15) is 4.31 Å². The van der Waals surface area contributed by atoms with Gasteiger partial charge in [0, 0.05) is 30.6 Å². The molecule has 2 aliphatic rings. The molecule has 0 radical (unpaired) electrons. The van der Waals surface area contributed by atoms with Crippen LogP contribution >= 0.6 is 15.6 Å². The number of nitrogens with two attached hydrogens (primary N) is 1. The summed E-state index contributed by atoms with van der Waals surface area (Å²) in [6.07, 6.45) is -5.81. The van der Waals surface area contributed by atoms with Crippen LogP contribution in [-0.4, -0.2) is 72.9 Å². The van der Waals surface area contributed by atoms with Gasteiger partial charge in [-0.3, -0.25) is 23.4 Å². The van der Waals surface area contributed by atoms with Crippen LogP contribution in [0.15, 0.2) is 15.8 Å². The first-order valence-electron chi connectivity index (χ1n) is 10.1. The van der Waals surface area contributed by atoms with Gasteiger partial charge >= 0.3 is 21.3 Å². The Balaban J connectivity index is 1.56. The number of aromatic nitrogens is 2. The maximum atomic E-state index is 12.2. The average Bonchev–Trinajstić information content (AvgIpc) is 3.06. The monoisotopic (exact) mass is 531 g/mol. The van der Waals surface area contributed by atoms with Crippen molar-refractivity contribution in [2.45, 2.75) is 69.7 Å². The second-order valence-corrected chi connectivity index (χ2v) is 11.0. The van der Waals surface area contributed by atoms with Crippen molar-refractivity contribution in [2.24, 2.45) is 5.73 Å². The minimum atomic E-state index is -5.20. The van der Waals surface area contributed by atoms with Crippen molar-refractivity contribution in [3.05, 3.63) is 32.6 Å². The van der Waals surface area contributed by atoms with E-state index in [2.05, 4.69) is 13.8 Å². The number of ether oxygens (including phenoxy) is 2. The lowest BCUT2D eigenvalue weighted by Crippen LogP contribution is -2.51. The smallest absolute Gasteiger partial charge is 0.390 e. The van der Waals surface area contributed by atoms with Gasteiger partial charge in [0.2, 0.25) is 0 Å². The number of hydrogen-bond acceptors (Lipinski definition) is 12. The molecule has 0 bridgehead atoms. The largest absolute Gasteiger partial charge is 0.483 e. The number of nitrogens with one attached hydrogen (secondary N) is 1. The Kier molecular flexibility index (Phi) is 8.35. The number of phosphoric ester groups is 2. The number of aryl methyl sites for hydroxylation is 1. The Morgan fingerprint density at radius 2 is 1.88 bits per heavy atom. The van der Waals surface area contributed by atoms with E-state index in [4.69, 9.17) is 19.7 Å². The van der Waals surface area contributed by atoms with E-state index in [1.165, 1.54) is 20.0 Å². The highest BCUT2D eigenvalue weighted by Crippen LogP contribution is 2.61. The van der Waals surface area contributed by atoms with Gasteiger partial charge in [0.1, 0.15) is 12.3 Å². The van der Waals surface area contributed by atoms with Crippen LogP contribution in [-0.2, 0) is 32.0 Å². The Bertz CT molecular complexity index is 1080. The summed E-state index contributed by atoms with van der Waals surface area (Å²) in [7, 11) is -10.4. The van der Waals surface area contributed by atoms with Crippen molar-refractivity contribution in [1.82, 2.24) is 9.55 Å². The van der Waals surface area contributed by atoms with Crippen LogP contribution in [0.4, 0.5) is 0 Å². The lowest BCUT2D eigenvalue weighted by molar-refractivity contribution is -0.191. The highest BCUT2D eigenvalue weighted by molar-refractivity contribution is 7.61. The molecule has 0 amide bonds. The van der Waals surface area contributed by atoms with Crippen molar-refractivity contribution in [1.29, 1.82) is 0 Å². The molecule has 2 aliphatic heterocycles. The van der Waals surface area contributed by atoms with Crippen molar-refractivity contribution in [3.8, 4) is 0 Å². The second-order valence-electron chi connectivity index (χ2n) is 7.99. The molecule has 34 heavy (non-hydrogen) atoms. The first-order valence-corrected chi connectivity index (χ1v) is 13.1. The molecule has 7 N–H and O–H groups in total. The van der Waals surface area contributed by atoms with Crippen molar-refractivity contribution in [2.75, 3.05) is 6.61 Å². The van der Waals surface area contributed by atoms with Crippen LogP contribution in [0.2, 0.25) is 0 Å². The molecular weight excluding hydrogens is 504 g/mol. The van der Waals surface area contributed by atoms with Gasteiger partial charge in [-0.05, 0) is 13.8 Å². The summed E-state index contributed by atoms with van der Waals surface area (Å²) in [6.45, 7) is 2.16. The normalized spacial score (nSPS) is 35.6. The van der Waals surface area contributed by atoms with Gasteiger partial charge in [0.15, 0.2) is 6.29 Å². The van der Waals surface area contributed by atoms with E-state index in [1.807, 2.05) is 0 Å². The van der Waals surface area contributed by atoms with E-state index in [0.717, 1.165) is 4.57 Å². The minimum Gasteiger partial charge on any atom is -0.390 e. The summed E-state index contributed by atoms with van der Waals surface area (Å²) < 4.78 is 49.6. The van der Waals surface area contributed by atoms with E-state index in [1.54, 1.807) is 0 Å². The van der Waals surface area contributed by atoms with E-state index >= 15 is 0 Å². The van der Waals surface area contributed by atoms with Crippen molar-refractivity contribution in [3.63, 3.8) is 0 Å². The lowest BCUT2D eigenvalue weighted by Gasteiger charge is -2.36. The molecule has 3 heterocycles. The molecule has 9 atom stereocenters. The van der Waals surface area contributed by atoms with E-state index < -0.39 is 76.5 Å². The molecule has 0 aromatic carbocycles. The van der Waals surface area contributed by atoms with Crippen molar-refractivity contribution >= 4 is 15.6 Å². The molecule has 194 valence electrons. The number of aromatic amines is 1. The van der Waals surface area contributed by atoms with Crippen LogP contribution in [0.25, 0.3) is 0 Å². The molecule has 0 aliphatic carbocycles.